The van der Waals surface area contributed by atoms with Gasteiger partial charge in [-0.25, -0.2) is 15.0 Å². The third-order valence-corrected chi connectivity index (χ3v) is 15.2. The summed E-state index contributed by atoms with van der Waals surface area (Å²) >= 11 is 1.86. The van der Waals surface area contributed by atoms with Gasteiger partial charge < -0.3 is 13.4 Å². The summed E-state index contributed by atoms with van der Waals surface area (Å²) in [5.74, 6) is 1.76. The van der Waals surface area contributed by atoms with Crippen LogP contribution in [0.2, 0.25) is 0 Å². The average Bonchev–Trinajstić information content (AvgIpc) is 4.20. The van der Waals surface area contributed by atoms with Crippen LogP contribution in [0.4, 0.5) is 0 Å². The smallest absolute Gasteiger partial charge is 0.164 e. The highest BCUT2D eigenvalue weighted by Gasteiger charge is 2.21. The summed E-state index contributed by atoms with van der Waals surface area (Å²) in [6.45, 7) is 0. The van der Waals surface area contributed by atoms with E-state index in [0.717, 1.165) is 83.8 Å². The number of thiophene rings is 1. The summed E-state index contributed by atoms with van der Waals surface area (Å²) in [6.07, 6.45) is 0.724. The Kier molecular flexibility index (Phi) is 8.79. The van der Waals surface area contributed by atoms with Crippen molar-refractivity contribution in [1.29, 1.82) is 0 Å². The molecular weight excluding hydrogens is 889 g/mol. The standard InChI is InChI=1S/C64H38N4O2S/c1-2-14-40(15-3-1)62-65-63(41-31-29-39(30-32-41)44-20-12-21-48-47-18-6-10-25-54(47)70-61(44)48)67-64(66-62)50-22-13-26-56-60(50)51-35-38(28-33-55(51)69-56)34-42-36-43(37-58-59(42)49-19-7-11-27-57(49)71-58)68-52-23-8-4-16-45(52)46-17-5-9-24-53(46)68/h1-33,35-37H,34H2. The van der Waals surface area contributed by atoms with Gasteiger partial charge in [0.15, 0.2) is 17.5 Å². The van der Waals surface area contributed by atoms with Gasteiger partial charge in [-0.15, -0.1) is 11.3 Å². The van der Waals surface area contributed by atoms with E-state index in [1.165, 1.54) is 53.1 Å². The van der Waals surface area contributed by atoms with Crippen LogP contribution in [-0.4, -0.2) is 19.5 Å². The molecule has 0 unspecified atom stereocenters. The van der Waals surface area contributed by atoms with Crippen molar-refractivity contribution in [3.05, 3.63) is 230 Å². The van der Waals surface area contributed by atoms with Crippen LogP contribution >= 0.6 is 11.3 Å². The number of nitrogens with zero attached hydrogens (tertiary/aromatic N) is 4. The molecule has 5 aromatic heterocycles. The normalized spacial score (nSPS) is 12.0. The number of para-hydroxylation sites is 4. The topological polar surface area (TPSA) is 69.9 Å². The molecule has 332 valence electrons. The molecule has 7 heteroatoms. The summed E-state index contributed by atoms with van der Waals surface area (Å²) in [6, 6.07) is 77.0. The highest BCUT2D eigenvalue weighted by atomic mass is 32.1. The first-order chi connectivity index (χ1) is 35.2. The third-order valence-electron chi connectivity index (χ3n) is 14.1. The fourth-order valence-electron chi connectivity index (χ4n) is 10.9. The number of hydrogen-bond donors (Lipinski definition) is 0. The van der Waals surface area contributed by atoms with E-state index in [0.29, 0.717) is 17.5 Å². The monoisotopic (exact) mass is 926 g/mol. The van der Waals surface area contributed by atoms with E-state index in [1.54, 1.807) is 0 Å². The molecule has 0 bridgehead atoms. The second kappa shape index (κ2) is 15.7. The second-order valence-electron chi connectivity index (χ2n) is 18.3. The lowest BCUT2D eigenvalue weighted by molar-refractivity contribution is 0.668. The van der Waals surface area contributed by atoms with E-state index in [1.807, 2.05) is 65.9 Å². The van der Waals surface area contributed by atoms with Gasteiger partial charge in [0.05, 0.1) is 11.0 Å². The lowest BCUT2D eigenvalue weighted by atomic mass is 9.97. The summed E-state index contributed by atoms with van der Waals surface area (Å²) in [7, 11) is 0. The SMILES string of the molecule is c1ccc(-c2nc(-c3ccc(-c4cccc5c4oc4ccccc45)cc3)nc(-c3cccc4oc5ccc(Cc6cc(-n7c8ccccc8c8ccccc87)cc7sc8ccccc8c67)cc5c34)n2)cc1. The van der Waals surface area contributed by atoms with Gasteiger partial charge in [0.25, 0.3) is 0 Å². The first kappa shape index (κ1) is 39.8. The van der Waals surface area contributed by atoms with Crippen molar-refractivity contribution < 1.29 is 8.83 Å². The molecule has 15 aromatic rings. The Labute approximate surface area is 410 Å². The highest BCUT2D eigenvalue weighted by molar-refractivity contribution is 7.25. The van der Waals surface area contributed by atoms with E-state index in [4.69, 9.17) is 23.8 Å². The quantitative estimate of drug-likeness (QED) is 0.159. The third kappa shape index (κ3) is 6.37. The highest BCUT2D eigenvalue weighted by Crippen LogP contribution is 2.43. The number of benzene rings is 10. The lowest BCUT2D eigenvalue weighted by Gasteiger charge is -2.13. The first-order valence-electron chi connectivity index (χ1n) is 23.9. The molecule has 0 saturated heterocycles. The number of fused-ring (bicyclic) bond motifs is 12. The molecule has 6 nitrogen and oxygen atoms in total. The molecule has 0 fully saturated rings. The molecule has 0 amide bonds. The number of aromatic nitrogens is 4. The summed E-state index contributed by atoms with van der Waals surface area (Å²) in [4.78, 5) is 15.6. The van der Waals surface area contributed by atoms with Crippen LogP contribution in [0.3, 0.4) is 0 Å². The van der Waals surface area contributed by atoms with Crippen LogP contribution in [0.5, 0.6) is 0 Å². The summed E-state index contributed by atoms with van der Waals surface area (Å²) < 4.78 is 18.0. The molecule has 0 radical (unpaired) electrons. The van der Waals surface area contributed by atoms with E-state index in [9.17, 15) is 0 Å². The zero-order valence-corrected chi connectivity index (χ0v) is 38.8. The minimum atomic E-state index is 0.578. The lowest BCUT2D eigenvalue weighted by Crippen LogP contribution is -2.00. The maximum atomic E-state index is 6.64. The Hall–Kier alpha value is -9.17. The van der Waals surface area contributed by atoms with Crippen LogP contribution in [0.1, 0.15) is 11.1 Å². The van der Waals surface area contributed by atoms with Crippen molar-refractivity contribution >= 4 is 97.2 Å². The maximum Gasteiger partial charge on any atom is 0.164 e. The molecule has 0 aliphatic heterocycles. The zero-order chi connectivity index (χ0) is 46.6. The molecular formula is C64H38N4O2S. The zero-order valence-electron chi connectivity index (χ0n) is 38.0. The Morgan fingerprint density at radius 2 is 0.986 bits per heavy atom. The van der Waals surface area contributed by atoms with Crippen molar-refractivity contribution in [3.63, 3.8) is 0 Å². The molecule has 0 spiro atoms. The minimum absolute atomic E-state index is 0.578. The Morgan fingerprint density at radius 1 is 0.380 bits per heavy atom. The van der Waals surface area contributed by atoms with E-state index < -0.39 is 0 Å². The molecule has 5 heterocycles. The van der Waals surface area contributed by atoms with E-state index in [-0.39, 0.29) is 0 Å². The van der Waals surface area contributed by atoms with Crippen LogP contribution in [0.15, 0.2) is 227 Å². The molecule has 0 aliphatic carbocycles. The van der Waals surface area contributed by atoms with Crippen molar-refractivity contribution in [1.82, 2.24) is 19.5 Å². The van der Waals surface area contributed by atoms with Gasteiger partial charge in [0.2, 0.25) is 0 Å². The van der Waals surface area contributed by atoms with Gasteiger partial charge in [0, 0.05) is 80.4 Å². The predicted molar refractivity (Wildman–Crippen MR) is 293 cm³/mol. The number of furan rings is 2. The molecule has 10 aromatic carbocycles. The van der Waals surface area contributed by atoms with Crippen molar-refractivity contribution in [2.45, 2.75) is 6.42 Å². The van der Waals surface area contributed by atoms with Crippen molar-refractivity contribution in [2.24, 2.45) is 0 Å². The van der Waals surface area contributed by atoms with Crippen LogP contribution < -0.4 is 0 Å². The molecule has 0 N–H and O–H groups in total. The molecule has 0 aliphatic rings. The average molecular weight is 927 g/mol. The molecule has 15 rings (SSSR count). The van der Waals surface area contributed by atoms with Gasteiger partial charge in [-0.05, 0) is 77.7 Å². The maximum absolute atomic E-state index is 6.64. The Balaban J connectivity index is 0.866. The van der Waals surface area contributed by atoms with Crippen LogP contribution in [-0.2, 0) is 6.42 Å². The van der Waals surface area contributed by atoms with Crippen molar-refractivity contribution in [3.8, 4) is 51.0 Å². The van der Waals surface area contributed by atoms with Crippen LogP contribution in [0.25, 0.3) is 137 Å². The Bertz CT molecular complexity index is 4560. The van der Waals surface area contributed by atoms with Gasteiger partial charge in [-0.1, -0.05) is 164 Å². The van der Waals surface area contributed by atoms with E-state index in [2.05, 4.69) is 168 Å². The first-order valence-corrected chi connectivity index (χ1v) is 24.7. The minimum Gasteiger partial charge on any atom is -0.456 e. The molecule has 0 saturated carbocycles. The van der Waals surface area contributed by atoms with Gasteiger partial charge in [-0.3, -0.25) is 0 Å². The van der Waals surface area contributed by atoms with Gasteiger partial charge in [0.1, 0.15) is 22.3 Å². The van der Waals surface area contributed by atoms with Crippen LogP contribution in [0, 0.1) is 0 Å². The fraction of sp³-hybridized carbons (Fsp3) is 0.0156. The second-order valence-corrected chi connectivity index (χ2v) is 19.3. The fourth-order valence-corrected chi connectivity index (χ4v) is 12.1. The van der Waals surface area contributed by atoms with Crippen molar-refractivity contribution in [2.75, 3.05) is 0 Å². The Morgan fingerprint density at radius 3 is 1.79 bits per heavy atom. The number of hydrogen-bond acceptors (Lipinski definition) is 6. The summed E-state index contributed by atoms with van der Waals surface area (Å²) in [5.41, 5.74) is 14.1. The molecule has 0 atom stereocenters. The predicted octanol–water partition coefficient (Wildman–Crippen LogP) is 17.4. The van der Waals surface area contributed by atoms with Gasteiger partial charge >= 0.3 is 0 Å². The van der Waals surface area contributed by atoms with E-state index >= 15 is 0 Å². The largest absolute Gasteiger partial charge is 0.456 e. The van der Waals surface area contributed by atoms with Gasteiger partial charge in [-0.2, -0.15) is 0 Å². The summed E-state index contributed by atoms with van der Waals surface area (Å²) in [5, 5.41) is 9.29. The molecule has 71 heavy (non-hydrogen) atoms. The number of rotatable bonds is 7.